The summed E-state index contributed by atoms with van der Waals surface area (Å²) in [6.45, 7) is 0. The second-order valence-corrected chi connectivity index (χ2v) is 5.56. The van der Waals surface area contributed by atoms with Gasteiger partial charge in [-0.25, -0.2) is 4.98 Å². The molecular formula is C17H18N4O2. The Bertz CT molecular complexity index is 681. The Hall–Kier alpha value is -2.76. The highest BCUT2D eigenvalue weighted by Crippen LogP contribution is 2.29. The lowest BCUT2D eigenvalue weighted by Crippen LogP contribution is -2.15. The molecule has 118 valence electrons. The lowest BCUT2D eigenvalue weighted by molar-refractivity contribution is -0.117. The van der Waals surface area contributed by atoms with Gasteiger partial charge in [-0.05, 0) is 43.5 Å². The molecule has 0 aromatic carbocycles. The third kappa shape index (κ3) is 4.60. The molecule has 0 saturated heterocycles. The summed E-state index contributed by atoms with van der Waals surface area (Å²) in [5.74, 6) is 0.577. The predicted molar refractivity (Wildman–Crippen MR) is 86.8 cm³/mol. The van der Waals surface area contributed by atoms with E-state index in [1.807, 2.05) is 18.2 Å². The Labute approximate surface area is 134 Å². The van der Waals surface area contributed by atoms with Gasteiger partial charge in [-0.2, -0.15) is 0 Å². The zero-order valence-electron chi connectivity index (χ0n) is 12.7. The van der Waals surface area contributed by atoms with Crippen molar-refractivity contribution in [1.82, 2.24) is 9.97 Å². The number of carbonyl (C=O) groups excluding carboxylic acids is 2. The van der Waals surface area contributed by atoms with Crippen molar-refractivity contribution in [3.05, 3.63) is 48.4 Å². The van der Waals surface area contributed by atoms with Gasteiger partial charge in [0, 0.05) is 24.2 Å². The molecule has 2 aromatic heterocycles. The van der Waals surface area contributed by atoms with Crippen molar-refractivity contribution in [3.8, 4) is 0 Å². The van der Waals surface area contributed by atoms with Crippen LogP contribution in [0.2, 0.25) is 0 Å². The molecule has 0 spiro atoms. The van der Waals surface area contributed by atoms with Crippen LogP contribution < -0.4 is 10.6 Å². The maximum absolute atomic E-state index is 11.9. The van der Waals surface area contributed by atoms with E-state index in [2.05, 4.69) is 20.6 Å². The largest absolute Gasteiger partial charge is 0.325 e. The number of hydrogen-bond donors (Lipinski definition) is 2. The van der Waals surface area contributed by atoms with Crippen molar-refractivity contribution >= 4 is 23.3 Å². The van der Waals surface area contributed by atoms with Crippen LogP contribution in [0, 0.1) is 5.92 Å². The second-order valence-electron chi connectivity index (χ2n) is 5.56. The van der Waals surface area contributed by atoms with Gasteiger partial charge in [-0.1, -0.05) is 6.07 Å². The summed E-state index contributed by atoms with van der Waals surface area (Å²) < 4.78 is 0. The van der Waals surface area contributed by atoms with Crippen molar-refractivity contribution in [1.29, 1.82) is 0 Å². The van der Waals surface area contributed by atoms with Crippen LogP contribution in [-0.4, -0.2) is 21.8 Å². The molecule has 1 aliphatic rings. The number of rotatable bonds is 6. The van der Waals surface area contributed by atoms with Gasteiger partial charge in [-0.15, -0.1) is 0 Å². The molecule has 0 atom stereocenters. The number of nitrogens with zero attached hydrogens (tertiary/aromatic N) is 2. The number of carbonyl (C=O) groups is 2. The summed E-state index contributed by atoms with van der Waals surface area (Å²) >= 11 is 0. The molecule has 0 radical (unpaired) electrons. The standard InChI is InChI=1S/C17H18N4O2/c22-16(9-7-13-3-1-2-10-18-13)20-14-6-8-15(19-11-14)21-17(23)12-4-5-12/h1-3,6,8,10-12H,4-5,7,9H2,(H,20,22)(H,19,21,23). The zero-order valence-corrected chi connectivity index (χ0v) is 12.7. The van der Waals surface area contributed by atoms with Crippen LogP contribution in [0.25, 0.3) is 0 Å². The maximum Gasteiger partial charge on any atom is 0.228 e. The first-order valence-corrected chi connectivity index (χ1v) is 7.67. The molecule has 0 unspecified atom stereocenters. The number of aromatic nitrogens is 2. The second kappa shape index (κ2) is 7.00. The Morgan fingerprint density at radius 3 is 2.61 bits per heavy atom. The highest BCUT2D eigenvalue weighted by atomic mass is 16.2. The lowest BCUT2D eigenvalue weighted by atomic mass is 10.2. The Morgan fingerprint density at radius 1 is 1.09 bits per heavy atom. The molecular weight excluding hydrogens is 292 g/mol. The summed E-state index contributed by atoms with van der Waals surface area (Å²) in [6.07, 6.45) is 6.12. The third-order valence-corrected chi connectivity index (χ3v) is 3.58. The van der Waals surface area contributed by atoms with E-state index in [0.717, 1.165) is 18.5 Å². The first-order chi connectivity index (χ1) is 11.2. The van der Waals surface area contributed by atoms with Gasteiger partial charge in [0.2, 0.25) is 11.8 Å². The molecule has 2 N–H and O–H groups in total. The Balaban J connectivity index is 1.47. The minimum Gasteiger partial charge on any atom is -0.325 e. The maximum atomic E-state index is 11.9. The van der Waals surface area contributed by atoms with E-state index in [4.69, 9.17) is 0 Å². The summed E-state index contributed by atoms with van der Waals surface area (Å²) in [6, 6.07) is 9.06. The van der Waals surface area contributed by atoms with Crippen LogP contribution in [0.3, 0.4) is 0 Å². The van der Waals surface area contributed by atoms with E-state index in [-0.39, 0.29) is 17.7 Å². The van der Waals surface area contributed by atoms with Crippen LogP contribution in [0.5, 0.6) is 0 Å². The van der Waals surface area contributed by atoms with Crippen molar-refractivity contribution < 1.29 is 9.59 Å². The fourth-order valence-corrected chi connectivity index (χ4v) is 2.13. The number of aryl methyl sites for hydroxylation is 1. The van der Waals surface area contributed by atoms with Crippen LogP contribution in [0.1, 0.15) is 25.0 Å². The highest BCUT2D eigenvalue weighted by Gasteiger charge is 2.29. The van der Waals surface area contributed by atoms with Crippen LogP contribution in [0.15, 0.2) is 42.7 Å². The Morgan fingerprint density at radius 2 is 1.96 bits per heavy atom. The summed E-state index contributed by atoms with van der Waals surface area (Å²) in [5.41, 5.74) is 1.50. The number of anilines is 2. The van der Waals surface area contributed by atoms with Gasteiger partial charge in [0.25, 0.3) is 0 Å². The quantitative estimate of drug-likeness (QED) is 0.858. The molecule has 2 aromatic rings. The van der Waals surface area contributed by atoms with E-state index in [0.29, 0.717) is 24.3 Å². The molecule has 0 aliphatic heterocycles. The normalized spacial score (nSPS) is 13.4. The first kappa shape index (κ1) is 15.1. The molecule has 0 bridgehead atoms. The summed E-state index contributed by atoms with van der Waals surface area (Å²) in [4.78, 5) is 31.9. The number of hydrogen-bond acceptors (Lipinski definition) is 4. The molecule has 2 amide bonds. The topological polar surface area (TPSA) is 84.0 Å². The number of nitrogens with one attached hydrogen (secondary N) is 2. The van der Waals surface area contributed by atoms with E-state index in [9.17, 15) is 9.59 Å². The van der Waals surface area contributed by atoms with Crippen molar-refractivity contribution in [2.45, 2.75) is 25.7 Å². The van der Waals surface area contributed by atoms with Gasteiger partial charge in [0.15, 0.2) is 0 Å². The smallest absolute Gasteiger partial charge is 0.228 e. The van der Waals surface area contributed by atoms with E-state index in [1.165, 1.54) is 0 Å². The molecule has 1 aliphatic carbocycles. The third-order valence-electron chi connectivity index (χ3n) is 3.58. The lowest BCUT2D eigenvalue weighted by Gasteiger charge is -2.07. The molecule has 1 fully saturated rings. The van der Waals surface area contributed by atoms with E-state index < -0.39 is 0 Å². The number of amides is 2. The molecule has 3 rings (SSSR count). The fourth-order valence-electron chi connectivity index (χ4n) is 2.13. The van der Waals surface area contributed by atoms with Gasteiger partial charge in [0.1, 0.15) is 5.82 Å². The average Bonchev–Trinajstić information content (AvgIpc) is 3.41. The average molecular weight is 310 g/mol. The summed E-state index contributed by atoms with van der Waals surface area (Å²) in [7, 11) is 0. The minimum atomic E-state index is -0.0905. The van der Waals surface area contributed by atoms with Crippen LogP contribution in [0.4, 0.5) is 11.5 Å². The van der Waals surface area contributed by atoms with Crippen LogP contribution in [-0.2, 0) is 16.0 Å². The highest BCUT2D eigenvalue weighted by molar-refractivity contribution is 5.94. The predicted octanol–water partition coefficient (Wildman–Crippen LogP) is 2.40. The molecule has 23 heavy (non-hydrogen) atoms. The van der Waals surface area contributed by atoms with Gasteiger partial charge >= 0.3 is 0 Å². The first-order valence-electron chi connectivity index (χ1n) is 7.67. The Kier molecular flexibility index (Phi) is 4.61. The molecule has 6 heteroatoms. The molecule has 1 saturated carbocycles. The van der Waals surface area contributed by atoms with E-state index >= 15 is 0 Å². The van der Waals surface area contributed by atoms with Crippen molar-refractivity contribution in [2.24, 2.45) is 5.92 Å². The van der Waals surface area contributed by atoms with Crippen LogP contribution >= 0.6 is 0 Å². The van der Waals surface area contributed by atoms with E-state index in [1.54, 1.807) is 24.5 Å². The van der Waals surface area contributed by atoms with Crippen molar-refractivity contribution in [2.75, 3.05) is 10.6 Å². The van der Waals surface area contributed by atoms with Gasteiger partial charge in [0.05, 0.1) is 11.9 Å². The van der Waals surface area contributed by atoms with Gasteiger partial charge in [-0.3, -0.25) is 14.6 Å². The summed E-state index contributed by atoms with van der Waals surface area (Å²) in [5, 5.41) is 5.55. The number of pyridine rings is 2. The monoisotopic (exact) mass is 310 g/mol. The fraction of sp³-hybridized carbons (Fsp3) is 0.294. The van der Waals surface area contributed by atoms with Crippen molar-refractivity contribution in [3.63, 3.8) is 0 Å². The zero-order chi connectivity index (χ0) is 16.1. The van der Waals surface area contributed by atoms with Gasteiger partial charge < -0.3 is 10.6 Å². The molecule has 2 heterocycles. The minimum absolute atomic E-state index is 0.0182. The SMILES string of the molecule is O=C(CCc1ccccn1)Nc1ccc(NC(=O)C2CC2)nc1. The molecule has 6 nitrogen and oxygen atoms in total.